The molecule has 0 bridgehead atoms. The Labute approximate surface area is 92.4 Å². The van der Waals surface area contributed by atoms with Gasteiger partial charge in [-0.05, 0) is 12.5 Å². The standard InChI is InChI=1S/C10H14FN3O2/c11-9-7(3-6(4-15)10(9)16)14-8-1-2-12-5-13-8/h1-2,5-7,9-10,15-16H,3-4H2,(H,12,13,14)/t6-,7-,9-,10-/m1/s1. The lowest BCUT2D eigenvalue weighted by Gasteiger charge is -2.16. The van der Waals surface area contributed by atoms with Crippen molar-refractivity contribution in [1.82, 2.24) is 9.97 Å². The van der Waals surface area contributed by atoms with Gasteiger partial charge in [-0.3, -0.25) is 0 Å². The van der Waals surface area contributed by atoms with Crippen LogP contribution in [0.1, 0.15) is 6.42 Å². The summed E-state index contributed by atoms with van der Waals surface area (Å²) >= 11 is 0. The molecule has 1 saturated carbocycles. The van der Waals surface area contributed by atoms with Gasteiger partial charge in [-0.1, -0.05) is 0 Å². The van der Waals surface area contributed by atoms with Gasteiger partial charge in [0.15, 0.2) is 0 Å². The van der Waals surface area contributed by atoms with Gasteiger partial charge >= 0.3 is 0 Å². The Hall–Kier alpha value is -1.27. The van der Waals surface area contributed by atoms with Crippen LogP contribution in [-0.4, -0.2) is 45.1 Å². The highest BCUT2D eigenvalue weighted by Crippen LogP contribution is 2.30. The third-order valence-electron chi connectivity index (χ3n) is 2.90. The molecule has 1 fully saturated rings. The Morgan fingerprint density at radius 2 is 2.38 bits per heavy atom. The van der Waals surface area contributed by atoms with Crippen molar-refractivity contribution in [3.63, 3.8) is 0 Å². The normalized spacial score (nSPS) is 33.9. The summed E-state index contributed by atoms with van der Waals surface area (Å²) in [6, 6.07) is 1.12. The van der Waals surface area contributed by atoms with Crippen molar-refractivity contribution in [2.45, 2.75) is 24.7 Å². The first kappa shape index (κ1) is 11.2. The van der Waals surface area contributed by atoms with Crippen LogP contribution in [0.2, 0.25) is 0 Å². The summed E-state index contributed by atoms with van der Waals surface area (Å²) in [6.07, 6.45) is 0.821. The van der Waals surface area contributed by atoms with Gasteiger partial charge in [0.25, 0.3) is 0 Å². The van der Waals surface area contributed by atoms with E-state index in [0.717, 1.165) is 0 Å². The van der Waals surface area contributed by atoms with Crippen molar-refractivity contribution in [2.24, 2.45) is 5.92 Å². The number of rotatable bonds is 3. The minimum Gasteiger partial charge on any atom is -0.396 e. The van der Waals surface area contributed by atoms with Crippen molar-refractivity contribution >= 4 is 5.82 Å². The van der Waals surface area contributed by atoms with Gasteiger partial charge in [0, 0.05) is 18.7 Å². The zero-order chi connectivity index (χ0) is 11.5. The Morgan fingerprint density at radius 1 is 1.56 bits per heavy atom. The molecule has 0 unspecified atom stereocenters. The lowest BCUT2D eigenvalue weighted by Crippen LogP contribution is -2.32. The summed E-state index contributed by atoms with van der Waals surface area (Å²) < 4.78 is 13.6. The molecule has 5 nitrogen and oxygen atoms in total. The summed E-state index contributed by atoms with van der Waals surface area (Å²) in [7, 11) is 0. The van der Waals surface area contributed by atoms with Crippen LogP contribution in [0.4, 0.5) is 10.2 Å². The molecular weight excluding hydrogens is 213 g/mol. The van der Waals surface area contributed by atoms with Crippen LogP contribution in [0, 0.1) is 5.92 Å². The van der Waals surface area contributed by atoms with E-state index in [1.165, 1.54) is 6.33 Å². The van der Waals surface area contributed by atoms with E-state index in [-0.39, 0.29) is 6.61 Å². The maximum Gasteiger partial charge on any atom is 0.146 e. The molecule has 4 atom stereocenters. The minimum absolute atomic E-state index is 0.205. The van der Waals surface area contributed by atoms with Gasteiger partial charge in [-0.15, -0.1) is 0 Å². The van der Waals surface area contributed by atoms with E-state index in [9.17, 15) is 9.50 Å². The van der Waals surface area contributed by atoms with E-state index < -0.39 is 24.2 Å². The topological polar surface area (TPSA) is 78.3 Å². The number of aliphatic hydroxyl groups excluding tert-OH is 2. The molecule has 0 radical (unpaired) electrons. The van der Waals surface area contributed by atoms with Crippen LogP contribution in [-0.2, 0) is 0 Å². The van der Waals surface area contributed by atoms with Gasteiger partial charge in [0.2, 0.25) is 0 Å². The van der Waals surface area contributed by atoms with Gasteiger partial charge in [0.05, 0.1) is 12.1 Å². The first-order chi connectivity index (χ1) is 7.72. The summed E-state index contributed by atoms with van der Waals surface area (Å²) in [4.78, 5) is 7.67. The molecule has 16 heavy (non-hydrogen) atoms. The number of aliphatic hydroxyl groups is 2. The first-order valence-electron chi connectivity index (χ1n) is 5.18. The molecular formula is C10H14FN3O2. The molecule has 0 amide bonds. The van der Waals surface area contributed by atoms with E-state index in [1.807, 2.05) is 0 Å². The summed E-state index contributed by atoms with van der Waals surface area (Å²) in [6.45, 7) is -0.205. The molecule has 3 N–H and O–H groups in total. The number of nitrogens with zero attached hydrogens (tertiary/aromatic N) is 2. The van der Waals surface area contributed by atoms with Gasteiger partial charge < -0.3 is 15.5 Å². The van der Waals surface area contributed by atoms with Crippen LogP contribution in [0.5, 0.6) is 0 Å². The third kappa shape index (κ3) is 2.12. The summed E-state index contributed by atoms with van der Waals surface area (Å²) in [5.74, 6) is 0.114. The average Bonchev–Trinajstić information content (AvgIpc) is 2.58. The van der Waals surface area contributed by atoms with E-state index in [2.05, 4.69) is 15.3 Å². The third-order valence-corrected chi connectivity index (χ3v) is 2.90. The number of hydrogen-bond donors (Lipinski definition) is 3. The molecule has 2 rings (SSSR count). The summed E-state index contributed by atoms with van der Waals surface area (Å²) in [5.41, 5.74) is 0. The highest BCUT2D eigenvalue weighted by atomic mass is 19.1. The Kier molecular flexibility index (Phi) is 3.31. The maximum atomic E-state index is 13.6. The van der Waals surface area contributed by atoms with Crippen LogP contribution < -0.4 is 5.32 Å². The molecule has 88 valence electrons. The molecule has 1 aromatic rings. The molecule has 6 heteroatoms. The predicted molar refractivity (Wildman–Crippen MR) is 55.5 cm³/mol. The quantitative estimate of drug-likeness (QED) is 0.675. The van der Waals surface area contributed by atoms with E-state index in [4.69, 9.17) is 5.11 Å². The number of nitrogens with one attached hydrogen (secondary N) is 1. The van der Waals surface area contributed by atoms with Crippen LogP contribution in [0.15, 0.2) is 18.6 Å². The van der Waals surface area contributed by atoms with Gasteiger partial charge in [-0.2, -0.15) is 0 Å². The van der Waals surface area contributed by atoms with Crippen molar-refractivity contribution in [3.8, 4) is 0 Å². The van der Waals surface area contributed by atoms with Gasteiger partial charge in [0.1, 0.15) is 18.3 Å². The molecule has 1 aliphatic carbocycles. The van der Waals surface area contributed by atoms with E-state index >= 15 is 0 Å². The largest absolute Gasteiger partial charge is 0.396 e. The number of alkyl halides is 1. The average molecular weight is 227 g/mol. The second-order valence-electron chi connectivity index (χ2n) is 3.96. The predicted octanol–water partition coefficient (Wildman–Crippen LogP) is -0.0317. The molecule has 1 heterocycles. The second-order valence-corrected chi connectivity index (χ2v) is 3.96. The molecule has 0 spiro atoms. The van der Waals surface area contributed by atoms with E-state index in [1.54, 1.807) is 12.3 Å². The Bertz CT molecular complexity index is 338. The smallest absolute Gasteiger partial charge is 0.146 e. The van der Waals surface area contributed by atoms with Crippen molar-refractivity contribution in [3.05, 3.63) is 18.6 Å². The second kappa shape index (κ2) is 4.71. The Morgan fingerprint density at radius 3 is 2.94 bits per heavy atom. The molecule has 1 aromatic heterocycles. The van der Waals surface area contributed by atoms with Crippen molar-refractivity contribution in [1.29, 1.82) is 0 Å². The van der Waals surface area contributed by atoms with Crippen molar-refractivity contribution in [2.75, 3.05) is 11.9 Å². The number of anilines is 1. The lowest BCUT2D eigenvalue weighted by atomic mass is 10.1. The zero-order valence-electron chi connectivity index (χ0n) is 8.62. The molecule has 0 aliphatic heterocycles. The highest BCUT2D eigenvalue weighted by Gasteiger charge is 2.42. The molecule has 1 aliphatic rings. The minimum atomic E-state index is -1.38. The number of halogens is 1. The van der Waals surface area contributed by atoms with Gasteiger partial charge in [-0.25, -0.2) is 14.4 Å². The molecule has 0 aromatic carbocycles. The fraction of sp³-hybridized carbons (Fsp3) is 0.600. The number of aromatic nitrogens is 2. The molecule has 0 saturated heterocycles. The lowest BCUT2D eigenvalue weighted by molar-refractivity contribution is 0.0444. The monoisotopic (exact) mass is 227 g/mol. The van der Waals surface area contributed by atoms with Crippen molar-refractivity contribution < 1.29 is 14.6 Å². The zero-order valence-corrected chi connectivity index (χ0v) is 8.62. The SMILES string of the molecule is OC[C@H]1C[C@@H](Nc2ccncn2)[C@@H](F)[C@@H]1O. The fourth-order valence-electron chi connectivity index (χ4n) is 1.98. The summed E-state index contributed by atoms with van der Waals surface area (Å²) in [5, 5.41) is 21.3. The van der Waals surface area contributed by atoms with E-state index in [0.29, 0.717) is 12.2 Å². The fourth-order valence-corrected chi connectivity index (χ4v) is 1.98. The van der Waals surface area contributed by atoms with Crippen LogP contribution in [0.25, 0.3) is 0 Å². The maximum absolute atomic E-state index is 13.6. The van der Waals surface area contributed by atoms with Crippen LogP contribution >= 0.6 is 0 Å². The van der Waals surface area contributed by atoms with Crippen LogP contribution in [0.3, 0.4) is 0 Å². The number of hydrogen-bond acceptors (Lipinski definition) is 5. The highest BCUT2D eigenvalue weighted by molar-refractivity contribution is 5.34. The first-order valence-corrected chi connectivity index (χ1v) is 5.18. The Balaban J connectivity index is 2.01.